The minimum absolute atomic E-state index is 0.000178. The van der Waals surface area contributed by atoms with E-state index in [4.69, 9.17) is 9.47 Å². The lowest BCUT2D eigenvalue weighted by Crippen LogP contribution is -2.49. The van der Waals surface area contributed by atoms with Crippen molar-refractivity contribution in [2.45, 2.75) is 36.5 Å². The molecule has 2 fully saturated rings. The highest BCUT2D eigenvalue weighted by molar-refractivity contribution is 7.90. The molecule has 27 heavy (non-hydrogen) atoms. The number of hydrogen-bond donors (Lipinski definition) is 0. The Kier molecular flexibility index (Phi) is 5.90. The number of rotatable bonds is 5. The molecule has 2 saturated heterocycles. The van der Waals surface area contributed by atoms with Crippen LogP contribution in [0, 0.1) is 0 Å². The summed E-state index contributed by atoms with van der Waals surface area (Å²) in [5.41, 5.74) is 0.975. The van der Waals surface area contributed by atoms with Gasteiger partial charge in [0.05, 0.1) is 24.7 Å². The number of carbonyl (C=O) groups excluding carboxylic acids is 1. The SMILES string of the molecule is CC(c1ccc(S(C)(=O)=O)cc1)N(C)CC(=O)N1CCC2(CC1)OCCO2. The van der Waals surface area contributed by atoms with Crippen LogP contribution in [-0.4, -0.2) is 76.1 Å². The summed E-state index contributed by atoms with van der Waals surface area (Å²) in [6.07, 6.45) is 2.62. The molecule has 2 aliphatic rings. The van der Waals surface area contributed by atoms with E-state index in [0.717, 1.165) is 5.56 Å². The van der Waals surface area contributed by atoms with Crippen molar-refractivity contribution in [3.8, 4) is 0 Å². The lowest BCUT2D eigenvalue weighted by Gasteiger charge is -2.38. The second-order valence-corrected chi connectivity index (χ2v) is 9.44. The molecule has 1 amide bonds. The summed E-state index contributed by atoms with van der Waals surface area (Å²) in [4.78, 5) is 16.8. The molecule has 3 rings (SSSR count). The molecule has 1 spiro atoms. The van der Waals surface area contributed by atoms with Crippen LogP contribution in [0.1, 0.15) is 31.4 Å². The van der Waals surface area contributed by atoms with Crippen LogP contribution < -0.4 is 0 Å². The zero-order chi connectivity index (χ0) is 19.7. The number of carbonyl (C=O) groups is 1. The van der Waals surface area contributed by atoms with E-state index < -0.39 is 15.6 Å². The third-order valence-corrected chi connectivity index (χ3v) is 6.66. The van der Waals surface area contributed by atoms with Crippen molar-refractivity contribution >= 4 is 15.7 Å². The van der Waals surface area contributed by atoms with E-state index in [1.165, 1.54) is 6.26 Å². The summed E-state index contributed by atoms with van der Waals surface area (Å²) in [6.45, 7) is 4.87. The van der Waals surface area contributed by atoms with Gasteiger partial charge in [0.15, 0.2) is 15.6 Å². The minimum atomic E-state index is -3.20. The van der Waals surface area contributed by atoms with Gasteiger partial charge in [0.2, 0.25) is 5.91 Å². The molecular formula is C19H28N2O5S. The van der Waals surface area contributed by atoms with Gasteiger partial charge in [0.25, 0.3) is 0 Å². The van der Waals surface area contributed by atoms with Crippen LogP contribution in [0.5, 0.6) is 0 Å². The Hall–Kier alpha value is -1.48. The quantitative estimate of drug-likeness (QED) is 0.750. The van der Waals surface area contributed by atoms with E-state index in [0.29, 0.717) is 50.6 Å². The fraction of sp³-hybridized carbons (Fsp3) is 0.632. The van der Waals surface area contributed by atoms with Gasteiger partial charge in [-0.2, -0.15) is 0 Å². The number of likely N-dealkylation sites (tertiary alicyclic amines) is 1. The molecule has 0 bridgehead atoms. The van der Waals surface area contributed by atoms with Gasteiger partial charge >= 0.3 is 0 Å². The number of nitrogens with zero attached hydrogens (tertiary/aromatic N) is 2. The van der Waals surface area contributed by atoms with Crippen LogP contribution in [0.3, 0.4) is 0 Å². The van der Waals surface area contributed by atoms with Crippen LogP contribution in [0.2, 0.25) is 0 Å². The Morgan fingerprint density at radius 2 is 1.74 bits per heavy atom. The maximum absolute atomic E-state index is 12.7. The van der Waals surface area contributed by atoms with E-state index >= 15 is 0 Å². The van der Waals surface area contributed by atoms with Gasteiger partial charge < -0.3 is 14.4 Å². The predicted octanol–water partition coefficient (Wildman–Crippen LogP) is 1.45. The van der Waals surface area contributed by atoms with Gasteiger partial charge in [0, 0.05) is 38.2 Å². The molecule has 0 aromatic heterocycles. The molecule has 8 heteroatoms. The summed E-state index contributed by atoms with van der Waals surface area (Å²) in [6, 6.07) is 6.84. The topological polar surface area (TPSA) is 76.2 Å². The van der Waals surface area contributed by atoms with Crippen LogP contribution >= 0.6 is 0 Å². The zero-order valence-corrected chi connectivity index (χ0v) is 17.0. The summed E-state index contributed by atoms with van der Waals surface area (Å²) in [7, 11) is -1.30. The van der Waals surface area contributed by atoms with Crippen molar-refractivity contribution in [3.05, 3.63) is 29.8 Å². The highest BCUT2D eigenvalue weighted by atomic mass is 32.2. The number of hydrogen-bond acceptors (Lipinski definition) is 6. The first kappa shape index (κ1) is 20.3. The smallest absolute Gasteiger partial charge is 0.236 e. The zero-order valence-electron chi connectivity index (χ0n) is 16.2. The average molecular weight is 397 g/mol. The van der Waals surface area contributed by atoms with Crippen molar-refractivity contribution in [3.63, 3.8) is 0 Å². The predicted molar refractivity (Wildman–Crippen MR) is 101 cm³/mol. The Morgan fingerprint density at radius 3 is 2.26 bits per heavy atom. The molecule has 0 aliphatic carbocycles. The molecule has 7 nitrogen and oxygen atoms in total. The number of sulfone groups is 1. The van der Waals surface area contributed by atoms with Gasteiger partial charge in [-0.25, -0.2) is 8.42 Å². The fourth-order valence-electron chi connectivity index (χ4n) is 3.58. The monoisotopic (exact) mass is 396 g/mol. The molecular weight excluding hydrogens is 368 g/mol. The second-order valence-electron chi connectivity index (χ2n) is 7.42. The maximum atomic E-state index is 12.7. The van der Waals surface area contributed by atoms with Crippen molar-refractivity contribution < 1.29 is 22.7 Å². The van der Waals surface area contributed by atoms with Crippen LogP contribution in [0.15, 0.2) is 29.2 Å². The second kappa shape index (κ2) is 7.87. The van der Waals surface area contributed by atoms with Crippen molar-refractivity contribution in [1.29, 1.82) is 0 Å². The number of ether oxygens (including phenoxy) is 2. The van der Waals surface area contributed by atoms with Crippen LogP contribution in [0.4, 0.5) is 0 Å². The van der Waals surface area contributed by atoms with Gasteiger partial charge in [-0.1, -0.05) is 12.1 Å². The molecule has 0 N–H and O–H groups in total. The van der Waals surface area contributed by atoms with E-state index in [1.54, 1.807) is 24.3 Å². The van der Waals surface area contributed by atoms with Crippen molar-refractivity contribution in [2.24, 2.45) is 0 Å². The Labute approximate surface area is 161 Å². The third-order valence-electron chi connectivity index (χ3n) is 5.53. The van der Waals surface area contributed by atoms with Gasteiger partial charge in [-0.05, 0) is 31.7 Å². The van der Waals surface area contributed by atoms with E-state index in [1.807, 2.05) is 23.8 Å². The molecule has 2 heterocycles. The van der Waals surface area contributed by atoms with Gasteiger partial charge in [-0.3, -0.25) is 9.69 Å². The van der Waals surface area contributed by atoms with Gasteiger partial charge in [-0.15, -0.1) is 0 Å². The van der Waals surface area contributed by atoms with E-state index in [9.17, 15) is 13.2 Å². The third kappa shape index (κ3) is 4.68. The first-order valence-electron chi connectivity index (χ1n) is 9.26. The van der Waals surface area contributed by atoms with Crippen LogP contribution in [0.25, 0.3) is 0 Å². The molecule has 1 aromatic rings. The Morgan fingerprint density at radius 1 is 1.19 bits per heavy atom. The number of benzene rings is 1. The number of likely N-dealkylation sites (N-methyl/N-ethyl adjacent to an activating group) is 1. The highest BCUT2D eigenvalue weighted by Gasteiger charge is 2.40. The van der Waals surface area contributed by atoms with Gasteiger partial charge in [0.1, 0.15) is 0 Å². The summed E-state index contributed by atoms with van der Waals surface area (Å²) >= 11 is 0. The minimum Gasteiger partial charge on any atom is -0.347 e. The standard InChI is InChI=1S/C19H28N2O5S/c1-15(16-4-6-17(7-5-16)27(3,23)24)20(2)14-18(22)21-10-8-19(9-11-21)25-12-13-26-19/h4-7,15H,8-14H2,1-3H3. The molecule has 0 radical (unpaired) electrons. The highest BCUT2D eigenvalue weighted by Crippen LogP contribution is 2.31. The molecule has 2 aliphatic heterocycles. The Bertz CT molecular complexity index is 762. The average Bonchev–Trinajstić information content (AvgIpc) is 3.09. The van der Waals surface area contributed by atoms with Crippen molar-refractivity contribution in [2.75, 3.05) is 46.2 Å². The lowest BCUT2D eigenvalue weighted by atomic mass is 10.0. The molecule has 150 valence electrons. The van der Waals surface area contributed by atoms with E-state index in [-0.39, 0.29) is 11.9 Å². The molecule has 0 saturated carbocycles. The molecule has 1 aromatic carbocycles. The normalized spacial score (nSPS) is 21.0. The first-order chi connectivity index (χ1) is 12.7. The maximum Gasteiger partial charge on any atom is 0.236 e. The van der Waals surface area contributed by atoms with Crippen LogP contribution in [-0.2, 0) is 24.1 Å². The Balaban J connectivity index is 1.54. The lowest BCUT2D eigenvalue weighted by molar-refractivity contribution is -0.187. The summed E-state index contributed by atoms with van der Waals surface area (Å²) < 4.78 is 34.6. The van der Waals surface area contributed by atoms with Crippen molar-refractivity contribution in [1.82, 2.24) is 9.80 Å². The number of piperidine rings is 1. The summed E-state index contributed by atoms with van der Waals surface area (Å²) in [5, 5.41) is 0. The summed E-state index contributed by atoms with van der Waals surface area (Å²) in [5.74, 6) is -0.387. The van der Waals surface area contributed by atoms with E-state index in [2.05, 4.69) is 0 Å². The molecule has 1 atom stereocenters. The fourth-order valence-corrected chi connectivity index (χ4v) is 4.21. The molecule has 1 unspecified atom stereocenters. The largest absolute Gasteiger partial charge is 0.347 e. The number of amides is 1. The first-order valence-corrected chi connectivity index (χ1v) is 11.2.